The second-order valence-corrected chi connectivity index (χ2v) is 4.14. The van der Waals surface area contributed by atoms with Crippen LogP contribution < -0.4 is 0 Å². The SMILES string of the molecule is Cc1cnc(-n2cc(Cl)c3cccnc32)cn1. The number of aryl methyl sites for hydroxylation is 1. The van der Waals surface area contributed by atoms with Gasteiger partial charge in [0.15, 0.2) is 5.82 Å². The second kappa shape index (κ2) is 3.82. The van der Waals surface area contributed by atoms with Crippen LogP contribution in [0.25, 0.3) is 16.9 Å². The number of fused-ring (bicyclic) bond motifs is 1. The van der Waals surface area contributed by atoms with E-state index < -0.39 is 0 Å². The van der Waals surface area contributed by atoms with Gasteiger partial charge in [0.2, 0.25) is 0 Å². The Bertz CT molecular complexity index is 673. The zero-order valence-electron chi connectivity index (χ0n) is 9.13. The summed E-state index contributed by atoms with van der Waals surface area (Å²) in [6, 6.07) is 3.79. The molecule has 17 heavy (non-hydrogen) atoms. The van der Waals surface area contributed by atoms with Crippen molar-refractivity contribution in [3.05, 3.63) is 47.6 Å². The molecule has 3 aromatic rings. The lowest BCUT2D eigenvalue weighted by atomic mass is 10.3. The first-order valence-electron chi connectivity index (χ1n) is 5.16. The molecule has 0 fully saturated rings. The van der Waals surface area contributed by atoms with Gasteiger partial charge in [-0.1, -0.05) is 11.6 Å². The van der Waals surface area contributed by atoms with E-state index in [9.17, 15) is 0 Å². The first kappa shape index (κ1) is 10.2. The van der Waals surface area contributed by atoms with Crippen LogP contribution >= 0.6 is 11.6 Å². The largest absolute Gasteiger partial charge is 0.283 e. The molecule has 0 saturated heterocycles. The number of hydrogen-bond donors (Lipinski definition) is 0. The lowest BCUT2D eigenvalue weighted by Gasteiger charge is -2.02. The third-order valence-electron chi connectivity index (χ3n) is 2.53. The minimum absolute atomic E-state index is 0.662. The molecule has 0 radical (unpaired) electrons. The van der Waals surface area contributed by atoms with Gasteiger partial charge in [-0.15, -0.1) is 0 Å². The summed E-state index contributed by atoms with van der Waals surface area (Å²) in [7, 11) is 0. The highest BCUT2D eigenvalue weighted by Crippen LogP contribution is 2.25. The number of rotatable bonds is 1. The van der Waals surface area contributed by atoms with E-state index in [2.05, 4.69) is 15.0 Å². The topological polar surface area (TPSA) is 43.6 Å². The minimum Gasteiger partial charge on any atom is -0.283 e. The zero-order chi connectivity index (χ0) is 11.8. The number of halogens is 1. The van der Waals surface area contributed by atoms with Gasteiger partial charge in [-0.2, -0.15) is 0 Å². The Balaban J connectivity index is 2.27. The van der Waals surface area contributed by atoms with Crippen LogP contribution in [0.15, 0.2) is 36.9 Å². The van der Waals surface area contributed by atoms with Crippen molar-refractivity contribution >= 4 is 22.6 Å². The van der Waals surface area contributed by atoms with Gasteiger partial charge in [-0.3, -0.25) is 9.55 Å². The first-order valence-corrected chi connectivity index (χ1v) is 5.54. The summed E-state index contributed by atoms with van der Waals surface area (Å²) >= 11 is 6.15. The van der Waals surface area contributed by atoms with E-state index in [0.29, 0.717) is 10.8 Å². The summed E-state index contributed by atoms with van der Waals surface area (Å²) in [5.74, 6) is 0.714. The van der Waals surface area contributed by atoms with E-state index >= 15 is 0 Å². The van der Waals surface area contributed by atoms with Crippen LogP contribution in [0.1, 0.15) is 5.69 Å². The van der Waals surface area contributed by atoms with Crippen molar-refractivity contribution in [1.29, 1.82) is 0 Å². The third-order valence-corrected chi connectivity index (χ3v) is 2.83. The average Bonchev–Trinajstić information content (AvgIpc) is 2.69. The summed E-state index contributed by atoms with van der Waals surface area (Å²) in [6.45, 7) is 1.90. The quantitative estimate of drug-likeness (QED) is 0.661. The van der Waals surface area contributed by atoms with Crippen LogP contribution in [0.3, 0.4) is 0 Å². The Morgan fingerprint density at radius 2 is 2.06 bits per heavy atom. The molecule has 3 heterocycles. The van der Waals surface area contributed by atoms with Gasteiger partial charge in [0.25, 0.3) is 0 Å². The van der Waals surface area contributed by atoms with Gasteiger partial charge in [0, 0.05) is 17.8 Å². The second-order valence-electron chi connectivity index (χ2n) is 3.74. The zero-order valence-corrected chi connectivity index (χ0v) is 9.89. The number of aromatic nitrogens is 4. The molecule has 0 atom stereocenters. The van der Waals surface area contributed by atoms with Crippen molar-refractivity contribution in [2.24, 2.45) is 0 Å². The molecular weight excluding hydrogens is 236 g/mol. The maximum atomic E-state index is 6.15. The van der Waals surface area contributed by atoms with Crippen molar-refractivity contribution in [3.8, 4) is 5.82 Å². The Morgan fingerprint density at radius 3 is 2.82 bits per heavy atom. The predicted molar refractivity (Wildman–Crippen MR) is 66.4 cm³/mol. The van der Waals surface area contributed by atoms with E-state index in [1.165, 1.54) is 0 Å². The maximum absolute atomic E-state index is 6.15. The van der Waals surface area contributed by atoms with E-state index in [1.807, 2.05) is 23.6 Å². The number of pyridine rings is 1. The third kappa shape index (κ3) is 1.66. The molecule has 5 heteroatoms. The molecule has 0 bridgehead atoms. The Kier molecular flexibility index (Phi) is 2.30. The van der Waals surface area contributed by atoms with Crippen LogP contribution in [-0.4, -0.2) is 19.5 Å². The highest BCUT2D eigenvalue weighted by Gasteiger charge is 2.09. The maximum Gasteiger partial charge on any atom is 0.156 e. The number of hydrogen-bond acceptors (Lipinski definition) is 3. The standard InChI is InChI=1S/C12H9ClN4/c1-8-5-16-11(6-15-8)17-7-10(13)9-3-2-4-14-12(9)17/h2-7H,1H3. The van der Waals surface area contributed by atoms with Crippen molar-refractivity contribution in [2.75, 3.05) is 0 Å². The van der Waals surface area contributed by atoms with Gasteiger partial charge in [0.05, 0.1) is 23.1 Å². The monoisotopic (exact) mass is 244 g/mol. The van der Waals surface area contributed by atoms with Crippen LogP contribution in [0, 0.1) is 6.92 Å². The summed E-state index contributed by atoms with van der Waals surface area (Å²) in [5.41, 5.74) is 1.67. The van der Waals surface area contributed by atoms with E-state index in [1.54, 1.807) is 24.8 Å². The Hall–Kier alpha value is -1.94. The smallest absolute Gasteiger partial charge is 0.156 e. The van der Waals surface area contributed by atoms with E-state index in [4.69, 9.17) is 11.6 Å². The summed E-state index contributed by atoms with van der Waals surface area (Å²) in [5, 5.41) is 1.58. The van der Waals surface area contributed by atoms with Gasteiger partial charge in [-0.25, -0.2) is 9.97 Å². The molecule has 3 rings (SSSR count). The van der Waals surface area contributed by atoms with E-state index in [0.717, 1.165) is 16.7 Å². The molecule has 0 spiro atoms. The normalized spacial score (nSPS) is 10.9. The molecule has 0 aliphatic rings. The van der Waals surface area contributed by atoms with Gasteiger partial charge in [-0.05, 0) is 19.1 Å². The van der Waals surface area contributed by atoms with Gasteiger partial charge in [0.1, 0.15) is 5.65 Å². The molecule has 0 unspecified atom stereocenters. The Labute approximate surface area is 103 Å². The lowest BCUT2D eigenvalue weighted by Crippen LogP contribution is -1.98. The fourth-order valence-corrected chi connectivity index (χ4v) is 1.95. The minimum atomic E-state index is 0.662. The molecule has 0 amide bonds. The summed E-state index contributed by atoms with van der Waals surface area (Å²) in [4.78, 5) is 12.8. The van der Waals surface area contributed by atoms with E-state index in [-0.39, 0.29) is 0 Å². The van der Waals surface area contributed by atoms with Crippen LogP contribution in [0.4, 0.5) is 0 Å². The first-order chi connectivity index (χ1) is 8.25. The molecule has 84 valence electrons. The molecule has 4 nitrogen and oxygen atoms in total. The lowest BCUT2D eigenvalue weighted by molar-refractivity contribution is 0.978. The highest BCUT2D eigenvalue weighted by atomic mass is 35.5. The molecular formula is C12H9ClN4. The molecule has 0 aliphatic heterocycles. The van der Waals surface area contributed by atoms with Crippen molar-refractivity contribution in [1.82, 2.24) is 19.5 Å². The Morgan fingerprint density at radius 1 is 1.18 bits per heavy atom. The molecule has 0 N–H and O–H groups in total. The van der Waals surface area contributed by atoms with Crippen molar-refractivity contribution in [2.45, 2.75) is 6.92 Å². The molecule has 0 aliphatic carbocycles. The predicted octanol–water partition coefficient (Wildman–Crippen LogP) is 2.78. The van der Waals surface area contributed by atoms with Crippen molar-refractivity contribution < 1.29 is 0 Å². The van der Waals surface area contributed by atoms with Crippen LogP contribution in [0.5, 0.6) is 0 Å². The molecule has 0 saturated carbocycles. The summed E-state index contributed by atoms with van der Waals surface area (Å²) < 4.78 is 1.84. The van der Waals surface area contributed by atoms with Gasteiger partial charge >= 0.3 is 0 Å². The fraction of sp³-hybridized carbons (Fsp3) is 0.0833. The van der Waals surface area contributed by atoms with Gasteiger partial charge < -0.3 is 0 Å². The summed E-state index contributed by atoms with van der Waals surface area (Å²) in [6.07, 6.45) is 6.97. The molecule has 3 aromatic heterocycles. The van der Waals surface area contributed by atoms with Crippen LogP contribution in [-0.2, 0) is 0 Å². The highest BCUT2D eigenvalue weighted by molar-refractivity contribution is 6.35. The number of nitrogens with zero attached hydrogens (tertiary/aromatic N) is 4. The average molecular weight is 245 g/mol. The fourth-order valence-electron chi connectivity index (χ4n) is 1.70. The molecule has 0 aromatic carbocycles. The van der Waals surface area contributed by atoms with Crippen molar-refractivity contribution in [3.63, 3.8) is 0 Å². The van der Waals surface area contributed by atoms with Crippen LogP contribution in [0.2, 0.25) is 5.02 Å².